The number of fused-ring (bicyclic) bond motifs is 1. The van der Waals surface area contributed by atoms with E-state index in [4.69, 9.17) is 15.2 Å². The van der Waals surface area contributed by atoms with Gasteiger partial charge in [0, 0.05) is 5.56 Å². The molecule has 1 aromatic heterocycles. The normalized spacial score (nSPS) is 13.1. The highest BCUT2D eigenvalue weighted by molar-refractivity contribution is 5.64. The van der Waals surface area contributed by atoms with Gasteiger partial charge in [-0.15, -0.1) is 0 Å². The standard InChI is InChI=1S/C10H9N3O2/c11-10-12-4-7(13-10)6-1-2-8-9(3-6)15-5-14-8/h1-4H,5H2,(H3,11,12,13). The van der Waals surface area contributed by atoms with Crippen LogP contribution in [0.25, 0.3) is 11.3 Å². The summed E-state index contributed by atoms with van der Waals surface area (Å²) in [5.74, 6) is 1.93. The summed E-state index contributed by atoms with van der Waals surface area (Å²) in [6, 6.07) is 5.70. The van der Waals surface area contributed by atoms with Gasteiger partial charge in [-0.1, -0.05) is 0 Å². The van der Waals surface area contributed by atoms with E-state index in [1.54, 1.807) is 6.20 Å². The quantitative estimate of drug-likeness (QED) is 0.734. The van der Waals surface area contributed by atoms with Crippen molar-refractivity contribution in [3.63, 3.8) is 0 Å². The van der Waals surface area contributed by atoms with Gasteiger partial charge in [0.1, 0.15) is 0 Å². The summed E-state index contributed by atoms with van der Waals surface area (Å²) in [4.78, 5) is 6.89. The second kappa shape index (κ2) is 2.91. The van der Waals surface area contributed by atoms with Crippen LogP contribution in [0, 0.1) is 0 Å². The molecule has 0 fully saturated rings. The predicted molar refractivity (Wildman–Crippen MR) is 54.6 cm³/mol. The Hall–Kier alpha value is -2.17. The first kappa shape index (κ1) is 8.16. The third kappa shape index (κ3) is 1.28. The summed E-state index contributed by atoms with van der Waals surface area (Å²) in [6.07, 6.45) is 1.69. The van der Waals surface area contributed by atoms with Gasteiger partial charge in [0.25, 0.3) is 0 Å². The number of H-pyrrole nitrogens is 1. The molecule has 0 saturated carbocycles. The van der Waals surface area contributed by atoms with Crippen LogP contribution in [0.5, 0.6) is 11.5 Å². The lowest BCUT2D eigenvalue weighted by molar-refractivity contribution is 0.174. The van der Waals surface area contributed by atoms with E-state index < -0.39 is 0 Å². The molecular formula is C10H9N3O2. The number of ether oxygens (including phenoxy) is 2. The molecule has 0 unspecified atom stereocenters. The van der Waals surface area contributed by atoms with E-state index in [9.17, 15) is 0 Å². The fourth-order valence-corrected chi connectivity index (χ4v) is 1.55. The maximum Gasteiger partial charge on any atom is 0.231 e. The second-order valence-electron chi connectivity index (χ2n) is 3.25. The van der Waals surface area contributed by atoms with E-state index in [2.05, 4.69) is 9.97 Å². The van der Waals surface area contributed by atoms with Crippen molar-refractivity contribution >= 4 is 5.95 Å². The molecule has 3 rings (SSSR count). The van der Waals surface area contributed by atoms with Gasteiger partial charge in [-0.25, -0.2) is 4.98 Å². The molecule has 5 nitrogen and oxygen atoms in total. The van der Waals surface area contributed by atoms with E-state index in [1.165, 1.54) is 0 Å². The van der Waals surface area contributed by atoms with Crippen LogP contribution in [0.1, 0.15) is 0 Å². The van der Waals surface area contributed by atoms with Gasteiger partial charge in [-0.2, -0.15) is 0 Å². The van der Waals surface area contributed by atoms with Crippen LogP contribution in [0.4, 0.5) is 5.95 Å². The van der Waals surface area contributed by atoms with Crippen molar-refractivity contribution < 1.29 is 9.47 Å². The number of nitrogen functional groups attached to an aromatic ring is 1. The van der Waals surface area contributed by atoms with Gasteiger partial charge in [-0.3, -0.25) is 0 Å². The largest absolute Gasteiger partial charge is 0.454 e. The Morgan fingerprint density at radius 3 is 2.93 bits per heavy atom. The Labute approximate surface area is 85.8 Å². The Kier molecular flexibility index (Phi) is 1.58. The van der Waals surface area contributed by atoms with E-state index in [1.807, 2.05) is 18.2 Å². The summed E-state index contributed by atoms with van der Waals surface area (Å²) in [6.45, 7) is 0.282. The molecule has 0 atom stereocenters. The molecule has 76 valence electrons. The molecule has 15 heavy (non-hydrogen) atoms. The summed E-state index contributed by atoms with van der Waals surface area (Å²) in [7, 11) is 0. The van der Waals surface area contributed by atoms with Gasteiger partial charge in [0.15, 0.2) is 17.4 Å². The van der Waals surface area contributed by atoms with Crippen molar-refractivity contribution in [2.75, 3.05) is 12.5 Å². The van der Waals surface area contributed by atoms with E-state index >= 15 is 0 Å². The topological polar surface area (TPSA) is 73.2 Å². The van der Waals surface area contributed by atoms with Crippen LogP contribution in [0.15, 0.2) is 24.4 Å². The molecule has 0 aliphatic carbocycles. The van der Waals surface area contributed by atoms with Crippen LogP contribution in [0.3, 0.4) is 0 Å². The fraction of sp³-hybridized carbons (Fsp3) is 0.100. The number of hydrogen-bond acceptors (Lipinski definition) is 4. The third-order valence-electron chi connectivity index (χ3n) is 2.28. The lowest BCUT2D eigenvalue weighted by Gasteiger charge is -1.99. The smallest absolute Gasteiger partial charge is 0.231 e. The van der Waals surface area contributed by atoms with Crippen molar-refractivity contribution in [2.24, 2.45) is 0 Å². The Bertz CT molecular complexity index is 507. The zero-order chi connectivity index (χ0) is 10.3. The SMILES string of the molecule is Nc1ncc(-c2ccc3c(c2)OCO3)[nH]1. The molecule has 0 bridgehead atoms. The Balaban J connectivity index is 2.06. The number of hydrogen-bond donors (Lipinski definition) is 2. The van der Waals surface area contributed by atoms with Crippen LogP contribution in [-0.2, 0) is 0 Å². The minimum absolute atomic E-state index is 0.282. The molecule has 1 aliphatic heterocycles. The number of imidazole rings is 1. The first-order chi connectivity index (χ1) is 7.33. The molecule has 1 aromatic carbocycles. The van der Waals surface area contributed by atoms with Gasteiger partial charge in [0.2, 0.25) is 6.79 Å². The molecule has 5 heteroatoms. The summed E-state index contributed by atoms with van der Waals surface area (Å²) >= 11 is 0. The van der Waals surface area contributed by atoms with Crippen LogP contribution in [-0.4, -0.2) is 16.8 Å². The molecular weight excluding hydrogens is 194 g/mol. The molecule has 3 N–H and O–H groups in total. The zero-order valence-corrected chi connectivity index (χ0v) is 7.86. The molecule has 0 spiro atoms. The third-order valence-corrected chi connectivity index (χ3v) is 2.28. The van der Waals surface area contributed by atoms with E-state index in [0.717, 1.165) is 22.8 Å². The minimum Gasteiger partial charge on any atom is -0.454 e. The summed E-state index contributed by atoms with van der Waals surface area (Å²) < 4.78 is 10.5. The molecule has 0 radical (unpaired) electrons. The molecule has 1 aliphatic rings. The lowest BCUT2D eigenvalue weighted by atomic mass is 10.1. The van der Waals surface area contributed by atoms with Crippen molar-refractivity contribution in [3.05, 3.63) is 24.4 Å². The highest BCUT2D eigenvalue weighted by Crippen LogP contribution is 2.35. The number of benzene rings is 1. The number of rotatable bonds is 1. The highest BCUT2D eigenvalue weighted by Gasteiger charge is 2.14. The Morgan fingerprint density at radius 2 is 2.13 bits per heavy atom. The summed E-state index contributed by atoms with van der Waals surface area (Å²) in [5.41, 5.74) is 7.35. The van der Waals surface area contributed by atoms with Crippen LogP contribution >= 0.6 is 0 Å². The number of nitrogens with zero attached hydrogens (tertiary/aromatic N) is 1. The number of nitrogens with two attached hydrogens (primary N) is 1. The maximum absolute atomic E-state index is 5.51. The van der Waals surface area contributed by atoms with Gasteiger partial charge in [-0.05, 0) is 18.2 Å². The van der Waals surface area contributed by atoms with Crippen molar-refractivity contribution in [2.45, 2.75) is 0 Å². The first-order valence-corrected chi connectivity index (χ1v) is 4.53. The number of nitrogens with one attached hydrogen (secondary N) is 1. The Morgan fingerprint density at radius 1 is 1.27 bits per heavy atom. The zero-order valence-electron chi connectivity index (χ0n) is 7.86. The van der Waals surface area contributed by atoms with Gasteiger partial charge < -0.3 is 20.2 Å². The summed E-state index contributed by atoms with van der Waals surface area (Å²) in [5, 5.41) is 0. The monoisotopic (exact) mass is 203 g/mol. The van der Waals surface area contributed by atoms with Crippen LogP contribution in [0.2, 0.25) is 0 Å². The van der Waals surface area contributed by atoms with Crippen LogP contribution < -0.4 is 15.2 Å². The highest BCUT2D eigenvalue weighted by atomic mass is 16.7. The van der Waals surface area contributed by atoms with E-state index in [-0.39, 0.29) is 6.79 Å². The molecule has 2 heterocycles. The minimum atomic E-state index is 0.282. The fourth-order valence-electron chi connectivity index (χ4n) is 1.55. The maximum atomic E-state index is 5.51. The average molecular weight is 203 g/mol. The van der Waals surface area contributed by atoms with Crippen molar-refractivity contribution in [1.82, 2.24) is 9.97 Å². The van der Waals surface area contributed by atoms with Crippen molar-refractivity contribution in [3.8, 4) is 22.8 Å². The number of aromatic nitrogens is 2. The predicted octanol–water partition coefficient (Wildman–Crippen LogP) is 1.39. The number of anilines is 1. The average Bonchev–Trinajstić information content (AvgIpc) is 2.84. The number of aromatic amines is 1. The van der Waals surface area contributed by atoms with Gasteiger partial charge in [0.05, 0.1) is 11.9 Å². The molecule has 2 aromatic rings. The van der Waals surface area contributed by atoms with E-state index in [0.29, 0.717) is 5.95 Å². The van der Waals surface area contributed by atoms with Crippen molar-refractivity contribution in [1.29, 1.82) is 0 Å². The second-order valence-corrected chi connectivity index (χ2v) is 3.25. The first-order valence-electron chi connectivity index (χ1n) is 4.53. The lowest BCUT2D eigenvalue weighted by Crippen LogP contribution is -1.92. The molecule has 0 saturated heterocycles. The molecule has 0 amide bonds. The van der Waals surface area contributed by atoms with Gasteiger partial charge >= 0.3 is 0 Å².